The molecule has 0 aliphatic rings. The third kappa shape index (κ3) is 2.12. The summed E-state index contributed by atoms with van der Waals surface area (Å²) in [7, 11) is 0. The molecule has 3 aromatic rings. The first-order valence-corrected chi connectivity index (χ1v) is 5.77. The molecule has 2 aromatic heterocycles. The minimum Gasteiger partial charge on any atom is -0.475 e. The van der Waals surface area contributed by atoms with Gasteiger partial charge in [0.1, 0.15) is 12.0 Å². The van der Waals surface area contributed by atoms with Gasteiger partial charge >= 0.3 is 5.97 Å². The van der Waals surface area contributed by atoms with Crippen LogP contribution in [0.5, 0.6) is 0 Å². The van der Waals surface area contributed by atoms with E-state index in [1.165, 1.54) is 11.0 Å². The van der Waals surface area contributed by atoms with Crippen LogP contribution in [0.1, 0.15) is 10.6 Å². The number of nitrogens with zero attached hydrogens (tertiary/aromatic N) is 5. The van der Waals surface area contributed by atoms with Gasteiger partial charge in [0.15, 0.2) is 5.82 Å². The second-order valence-electron chi connectivity index (χ2n) is 3.94. The number of carbonyl (C=O) groups is 1. The molecule has 0 unspecified atom stereocenters. The van der Waals surface area contributed by atoms with Gasteiger partial charge in [-0.15, -0.1) is 5.10 Å². The fourth-order valence-electron chi connectivity index (χ4n) is 1.76. The van der Waals surface area contributed by atoms with Crippen LogP contribution in [0.25, 0.3) is 17.1 Å². The number of aromatic nitrogens is 5. The highest BCUT2D eigenvalue weighted by Crippen LogP contribution is 2.20. The third-order valence-corrected chi connectivity index (χ3v) is 2.62. The number of hydrogen-bond acceptors (Lipinski definition) is 5. The van der Waals surface area contributed by atoms with Crippen molar-refractivity contribution in [2.45, 2.75) is 0 Å². The first-order chi connectivity index (χ1) is 9.75. The Labute approximate surface area is 113 Å². The van der Waals surface area contributed by atoms with E-state index >= 15 is 0 Å². The largest absolute Gasteiger partial charge is 0.475 e. The maximum absolute atomic E-state index is 11.1. The normalized spacial score (nSPS) is 10.4. The minimum atomic E-state index is -1.18. The van der Waals surface area contributed by atoms with Gasteiger partial charge in [-0.2, -0.15) is 0 Å². The van der Waals surface area contributed by atoms with Crippen molar-refractivity contribution in [3.8, 4) is 17.1 Å². The summed E-state index contributed by atoms with van der Waals surface area (Å²) in [5, 5.41) is 13.0. The first kappa shape index (κ1) is 12.0. The summed E-state index contributed by atoms with van der Waals surface area (Å²) in [6.45, 7) is 0. The Kier molecular flexibility index (Phi) is 2.92. The van der Waals surface area contributed by atoms with Crippen molar-refractivity contribution < 1.29 is 9.90 Å². The minimum absolute atomic E-state index is 0.271. The van der Waals surface area contributed by atoms with Gasteiger partial charge in [-0.1, -0.05) is 30.3 Å². The summed E-state index contributed by atoms with van der Waals surface area (Å²) < 4.78 is 1.42. The van der Waals surface area contributed by atoms with Crippen LogP contribution >= 0.6 is 0 Å². The molecule has 3 rings (SSSR count). The smallest absolute Gasteiger partial charge is 0.375 e. The Hall–Kier alpha value is -3.09. The van der Waals surface area contributed by atoms with Gasteiger partial charge in [0.2, 0.25) is 0 Å². The summed E-state index contributed by atoms with van der Waals surface area (Å²) >= 11 is 0. The summed E-state index contributed by atoms with van der Waals surface area (Å²) in [5.41, 5.74) is 1.31. The van der Waals surface area contributed by atoms with Gasteiger partial charge < -0.3 is 5.11 Å². The molecular formula is C13H9N5O2. The number of carboxylic acids is 1. The average molecular weight is 267 g/mol. The fraction of sp³-hybridized carbons (Fsp3) is 0. The zero-order chi connectivity index (χ0) is 13.9. The van der Waals surface area contributed by atoms with Crippen LogP contribution in [0, 0.1) is 0 Å². The fourth-order valence-corrected chi connectivity index (χ4v) is 1.76. The van der Waals surface area contributed by atoms with Crippen LogP contribution in [-0.4, -0.2) is 35.8 Å². The van der Waals surface area contributed by atoms with E-state index in [1.807, 2.05) is 30.3 Å². The van der Waals surface area contributed by atoms with E-state index < -0.39 is 5.97 Å². The van der Waals surface area contributed by atoms with Crippen molar-refractivity contribution in [2.24, 2.45) is 0 Å². The van der Waals surface area contributed by atoms with Gasteiger partial charge in [-0.05, 0) is 0 Å². The molecule has 0 saturated heterocycles. The lowest BCUT2D eigenvalue weighted by atomic mass is 10.2. The van der Waals surface area contributed by atoms with E-state index in [4.69, 9.17) is 5.11 Å². The van der Waals surface area contributed by atoms with E-state index in [2.05, 4.69) is 20.1 Å². The zero-order valence-corrected chi connectivity index (χ0v) is 10.2. The summed E-state index contributed by atoms with van der Waals surface area (Å²) in [5.74, 6) is -1.02. The van der Waals surface area contributed by atoms with Crippen molar-refractivity contribution in [1.82, 2.24) is 24.7 Å². The van der Waals surface area contributed by atoms with E-state index in [9.17, 15) is 4.79 Å². The lowest BCUT2D eigenvalue weighted by molar-refractivity contribution is 0.0683. The maximum atomic E-state index is 11.1. The van der Waals surface area contributed by atoms with Gasteiger partial charge in [-0.3, -0.25) is 0 Å². The van der Waals surface area contributed by atoms with Gasteiger partial charge in [0.25, 0.3) is 5.82 Å². The van der Waals surface area contributed by atoms with Crippen LogP contribution in [0.4, 0.5) is 0 Å². The highest BCUT2D eigenvalue weighted by atomic mass is 16.4. The van der Waals surface area contributed by atoms with E-state index in [-0.39, 0.29) is 5.82 Å². The van der Waals surface area contributed by atoms with Crippen molar-refractivity contribution in [3.05, 3.63) is 54.9 Å². The lowest BCUT2D eigenvalue weighted by Gasteiger charge is -2.04. The molecule has 20 heavy (non-hydrogen) atoms. The average Bonchev–Trinajstić information content (AvgIpc) is 2.94. The first-order valence-electron chi connectivity index (χ1n) is 5.77. The van der Waals surface area contributed by atoms with Gasteiger partial charge in [0, 0.05) is 5.56 Å². The van der Waals surface area contributed by atoms with Crippen molar-refractivity contribution in [2.75, 3.05) is 0 Å². The molecule has 0 amide bonds. The SMILES string of the molecule is O=C(O)c1nc(-c2ccccc2)n(-c2cncnc2)n1. The van der Waals surface area contributed by atoms with Crippen LogP contribution in [-0.2, 0) is 0 Å². The lowest BCUT2D eigenvalue weighted by Crippen LogP contribution is -2.03. The molecule has 0 aliphatic heterocycles. The molecule has 2 heterocycles. The summed E-state index contributed by atoms with van der Waals surface area (Å²) in [6.07, 6.45) is 4.47. The molecule has 7 nitrogen and oxygen atoms in total. The molecular weight excluding hydrogens is 258 g/mol. The van der Waals surface area contributed by atoms with Crippen molar-refractivity contribution in [3.63, 3.8) is 0 Å². The van der Waals surface area contributed by atoms with Crippen molar-refractivity contribution >= 4 is 5.97 Å². The van der Waals surface area contributed by atoms with Crippen LogP contribution < -0.4 is 0 Å². The standard InChI is InChI=1S/C13H9N5O2/c19-13(20)11-16-12(9-4-2-1-3-5-9)18(17-11)10-6-14-8-15-7-10/h1-8H,(H,19,20). The molecule has 7 heteroatoms. The Morgan fingerprint density at radius 2 is 1.80 bits per heavy atom. The van der Waals surface area contributed by atoms with E-state index in [0.717, 1.165) is 5.56 Å². The molecule has 0 spiro atoms. The quantitative estimate of drug-likeness (QED) is 0.771. The molecule has 1 aromatic carbocycles. The number of aromatic carboxylic acids is 1. The topological polar surface area (TPSA) is 93.8 Å². The van der Waals surface area contributed by atoms with Gasteiger partial charge in [-0.25, -0.2) is 24.4 Å². The number of hydrogen-bond donors (Lipinski definition) is 1. The number of benzene rings is 1. The summed E-state index contributed by atoms with van der Waals surface area (Å²) in [4.78, 5) is 22.9. The zero-order valence-electron chi connectivity index (χ0n) is 10.2. The summed E-state index contributed by atoms with van der Waals surface area (Å²) in [6, 6.07) is 9.21. The molecule has 1 N–H and O–H groups in total. The molecule has 0 aliphatic carbocycles. The molecule has 0 atom stereocenters. The predicted octanol–water partition coefficient (Wildman–Crippen LogP) is 1.42. The van der Waals surface area contributed by atoms with Crippen LogP contribution in [0.15, 0.2) is 49.1 Å². The molecule has 0 fully saturated rings. The van der Waals surface area contributed by atoms with Crippen molar-refractivity contribution in [1.29, 1.82) is 0 Å². The predicted molar refractivity (Wildman–Crippen MR) is 69.3 cm³/mol. The Bertz CT molecular complexity index is 683. The Balaban J connectivity index is 2.20. The Morgan fingerprint density at radius 1 is 1.10 bits per heavy atom. The van der Waals surface area contributed by atoms with Crippen LogP contribution in [0.3, 0.4) is 0 Å². The highest BCUT2D eigenvalue weighted by Gasteiger charge is 2.17. The third-order valence-electron chi connectivity index (χ3n) is 2.62. The second kappa shape index (κ2) is 4.88. The Morgan fingerprint density at radius 3 is 2.45 bits per heavy atom. The van der Waals surface area contributed by atoms with E-state index in [0.29, 0.717) is 11.5 Å². The molecule has 98 valence electrons. The molecule has 0 radical (unpaired) electrons. The molecule has 0 bridgehead atoms. The van der Waals surface area contributed by atoms with Gasteiger partial charge in [0.05, 0.1) is 12.4 Å². The monoisotopic (exact) mass is 267 g/mol. The maximum Gasteiger partial charge on any atom is 0.375 e. The number of carboxylic acid groups (broad SMARTS) is 1. The number of rotatable bonds is 3. The highest BCUT2D eigenvalue weighted by molar-refractivity contribution is 5.84. The molecule has 0 saturated carbocycles. The second-order valence-corrected chi connectivity index (χ2v) is 3.94. The van der Waals surface area contributed by atoms with E-state index in [1.54, 1.807) is 12.4 Å². The van der Waals surface area contributed by atoms with Crippen LogP contribution in [0.2, 0.25) is 0 Å².